The zero-order valence-corrected chi connectivity index (χ0v) is 34.3. The number of nitrogens with zero attached hydrogens (tertiary/aromatic N) is 4. The Balaban J connectivity index is 1.19. The minimum absolute atomic E-state index is 0.0133. The number of alkyl halides is 12. The first kappa shape index (κ1) is 43.8. The number of para-hydroxylation sites is 2. The van der Waals surface area contributed by atoms with E-state index in [1.54, 1.807) is 102 Å². The third-order valence-corrected chi connectivity index (χ3v) is 11.9. The van der Waals surface area contributed by atoms with E-state index >= 15 is 0 Å². The zero-order chi connectivity index (χ0) is 48.1. The molecule has 0 amide bonds. The summed E-state index contributed by atoms with van der Waals surface area (Å²) in [5.41, 5.74) is -2.71. The standard InChI is InChI=1S/C52H26F12N4/c53-49(54,55)32-14-16-34(41(23-32)51(59,60)61)30-12-18-45-39(21-30)36-8-1-3-10-43(36)67(45)47-27-66-48(25-38(47)29-7-5-6-28(20-29)26-65)68-44-11-4-2-9-37(44)40-22-31(13-19-46(40)68)35-17-15-33(50(56,57)58)24-42(35)52(62,63)64/h1-25,27H. The number of fused-ring (bicyclic) bond motifs is 6. The van der Waals surface area contributed by atoms with Crippen molar-refractivity contribution in [3.05, 3.63) is 186 Å². The molecule has 16 heteroatoms. The quantitative estimate of drug-likeness (QED) is 0.161. The van der Waals surface area contributed by atoms with Crippen LogP contribution in [0, 0.1) is 11.3 Å². The first-order valence-electron chi connectivity index (χ1n) is 20.4. The molecule has 10 rings (SSSR count). The Bertz CT molecular complexity index is 3710. The van der Waals surface area contributed by atoms with Crippen molar-refractivity contribution >= 4 is 43.6 Å². The number of halogens is 12. The Labute approximate surface area is 376 Å². The van der Waals surface area contributed by atoms with Crippen molar-refractivity contribution in [2.75, 3.05) is 0 Å². The molecule has 0 spiro atoms. The van der Waals surface area contributed by atoms with Gasteiger partial charge in [0.05, 0.1) is 67.8 Å². The highest BCUT2D eigenvalue weighted by atomic mass is 19.4. The molecule has 0 N–H and O–H groups in total. The first-order valence-corrected chi connectivity index (χ1v) is 20.4. The van der Waals surface area contributed by atoms with Gasteiger partial charge >= 0.3 is 24.7 Å². The van der Waals surface area contributed by atoms with Gasteiger partial charge in [0.1, 0.15) is 5.82 Å². The van der Waals surface area contributed by atoms with Gasteiger partial charge in [-0.1, -0.05) is 72.8 Å². The summed E-state index contributed by atoms with van der Waals surface area (Å²) in [6, 6.07) is 36.4. The van der Waals surface area contributed by atoms with Crippen LogP contribution in [0.2, 0.25) is 0 Å². The topological polar surface area (TPSA) is 46.5 Å². The lowest BCUT2D eigenvalue weighted by Crippen LogP contribution is -2.12. The molecule has 0 radical (unpaired) electrons. The van der Waals surface area contributed by atoms with E-state index in [0.717, 1.165) is 12.1 Å². The molecule has 0 bridgehead atoms. The molecule has 0 saturated heterocycles. The van der Waals surface area contributed by atoms with Crippen molar-refractivity contribution < 1.29 is 52.7 Å². The number of rotatable bonds is 5. The highest BCUT2D eigenvalue weighted by molar-refractivity contribution is 6.12. The molecule has 0 unspecified atom stereocenters. The van der Waals surface area contributed by atoms with E-state index in [1.165, 1.54) is 24.3 Å². The fourth-order valence-corrected chi connectivity index (χ4v) is 8.93. The highest BCUT2D eigenvalue weighted by Crippen LogP contribution is 2.46. The van der Waals surface area contributed by atoms with Crippen LogP contribution in [-0.4, -0.2) is 14.1 Å². The Morgan fingerprint density at radius 2 is 0.868 bits per heavy atom. The summed E-state index contributed by atoms with van der Waals surface area (Å²) >= 11 is 0. The number of pyridine rings is 1. The largest absolute Gasteiger partial charge is 0.417 e. The second-order valence-corrected chi connectivity index (χ2v) is 15.9. The van der Waals surface area contributed by atoms with Crippen LogP contribution < -0.4 is 0 Å². The lowest BCUT2D eigenvalue weighted by molar-refractivity contribution is -0.144. The van der Waals surface area contributed by atoms with Crippen LogP contribution >= 0.6 is 0 Å². The van der Waals surface area contributed by atoms with Gasteiger partial charge in [-0.3, -0.25) is 4.57 Å². The van der Waals surface area contributed by atoms with Gasteiger partial charge in [0.15, 0.2) is 0 Å². The molecule has 338 valence electrons. The van der Waals surface area contributed by atoms with E-state index in [2.05, 4.69) is 6.07 Å². The fraction of sp³-hybridized carbons (Fsp3) is 0.0769. The van der Waals surface area contributed by atoms with Crippen LogP contribution in [0.15, 0.2) is 158 Å². The molecule has 68 heavy (non-hydrogen) atoms. The Hall–Kier alpha value is -8.06. The van der Waals surface area contributed by atoms with Gasteiger partial charge in [-0.15, -0.1) is 0 Å². The summed E-state index contributed by atoms with van der Waals surface area (Å²) in [7, 11) is 0. The molecule has 0 aliphatic heterocycles. The Morgan fingerprint density at radius 3 is 1.37 bits per heavy atom. The predicted octanol–water partition coefficient (Wildman–Crippen LogP) is 16.2. The van der Waals surface area contributed by atoms with Crippen LogP contribution in [0.1, 0.15) is 27.8 Å². The summed E-state index contributed by atoms with van der Waals surface area (Å²) in [6.45, 7) is 0. The van der Waals surface area contributed by atoms with Crippen molar-refractivity contribution in [1.29, 1.82) is 5.26 Å². The normalized spacial score (nSPS) is 12.7. The Kier molecular flexibility index (Phi) is 9.99. The maximum Gasteiger partial charge on any atom is 0.417 e. The third kappa shape index (κ3) is 7.44. The molecule has 0 aliphatic rings. The van der Waals surface area contributed by atoms with Crippen LogP contribution in [0.25, 0.3) is 88.5 Å². The summed E-state index contributed by atoms with van der Waals surface area (Å²) in [5, 5.41) is 12.0. The van der Waals surface area contributed by atoms with Gasteiger partial charge in [0.2, 0.25) is 0 Å². The second-order valence-electron chi connectivity index (χ2n) is 15.9. The number of aromatic nitrogens is 3. The second kappa shape index (κ2) is 15.5. The van der Waals surface area contributed by atoms with E-state index < -0.39 is 58.1 Å². The number of hydrogen-bond acceptors (Lipinski definition) is 2. The predicted molar refractivity (Wildman–Crippen MR) is 234 cm³/mol. The summed E-state index contributed by atoms with van der Waals surface area (Å²) < 4.78 is 171. The molecule has 0 atom stereocenters. The molecular weight excluding hydrogens is 909 g/mol. The molecule has 4 nitrogen and oxygen atoms in total. The van der Waals surface area contributed by atoms with Crippen molar-refractivity contribution in [1.82, 2.24) is 14.1 Å². The van der Waals surface area contributed by atoms with Gasteiger partial charge in [-0.25, -0.2) is 4.98 Å². The van der Waals surface area contributed by atoms with E-state index in [-0.39, 0.29) is 23.3 Å². The van der Waals surface area contributed by atoms with E-state index in [9.17, 15) is 57.9 Å². The monoisotopic (exact) mass is 934 g/mol. The number of hydrogen-bond donors (Lipinski definition) is 0. The first-order chi connectivity index (χ1) is 32.2. The van der Waals surface area contributed by atoms with E-state index in [1.807, 2.05) is 4.57 Å². The van der Waals surface area contributed by atoms with Gasteiger partial charge in [0, 0.05) is 27.1 Å². The summed E-state index contributed by atoms with van der Waals surface area (Å²) in [5.74, 6) is 0.320. The average molecular weight is 935 g/mol. The van der Waals surface area contributed by atoms with E-state index in [0.29, 0.717) is 83.9 Å². The van der Waals surface area contributed by atoms with Crippen molar-refractivity contribution in [3.63, 3.8) is 0 Å². The molecule has 7 aromatic carbocycles. The molecule has 10 aromatic rings. The molecule has 3 aromatic heterocycles. The van der Waals surface area contributed by atoms with Crippen LogP contribution in [0.5, 0.6) is 0 Å². The molecule has 0 aliphatic carbocycles. The maximum absolute atomic E-state index is 14.4. The lowest BCUT2D eigenvalue weighted by atomic mass is 9.95. The van der Waals surface area contributed by atoms with Gasteiger partial charge in [-0.2, -0.15) is 57.9 Å². The molecule has 3 heterocycles. The van der Waals surface area contributed by atoms with Crippen molar-refractivity contribution in [3.8, 4) is 51.0 Å². The average Bonchev–Trinajstić information content (AvgIpc) is 3.82. The summed E-state index contributed by atoms with van der Waals surface area (Å²) in [4.78, 5) is 4.92. The number of benzene rings is 7. The van der Waals surface area contributed by atoms with Crippen molar-refractivity contribution in [2.45, 2.75) is 24.7 Å². The molecular formula is C52H26F12N4. The highest BCUT2D eigenvalue weighted by Gasteiger charge is 2.40. The summed E-state index contributed by atoms with van der Waals surface area (Å²) in [6.07, 6.45) is -18.7. The SMILES string of the molecule is N#Cc1cccc(-c2cc(-n3c4ccccc4c4cc(-c5ccc(C(F)(F)F)cc5C(F)(F)F)ccc43)ncc2-n2c3ccccc3c3cc(-c4ccc(C(F)(F)F)cc4C(F)(F)F)ccc32)c1. The van der Waals surface area contributed by atoms with Crippen LogP contribution in [0.3, 0.4) is 0 Å². The van der Waals surface area contributed by atoms with E-state index in [4.69, 9.17) is 4.98 Å². The zero-order valence-electron chi connectivity index (χ0n) is 34.3. The van der Waals surface area contributed by atoms with Gasteiger partial charge in [0.25, 0.3) is 0 Å². The van der Waals surface area contributed by atoms with Crippen molar-refractivity contribution in [2.24, 2.45) is 0 Å². The smallest absolute Gasteiger partial charge is 0.307 e. The fourth-order valence-electron chi connectivity index (χ4n) is 8.93. The lowest BCUT2D eigenvalue weighted by Gasteiger charge is -2.18. The molecule has 0 fully saturated rings. The minimum atomic E-state index is -5.12. The van der Waals surface area contributed by atoms with Crippen LogP contribution in [-0.2, 0) is 24.7 Å². The maximum atomic E-state index is 14.4. The third-order valence-electron chi connectivity index (χ3n) is 11.9. The Morgan fingerprint density at radius 1 is 0.397 bits per heavy atom. The van der Waals surface area contributed by atoms with Gasteiger partial charge < -0.3 is 4.57 Å². The minimum Gasteiger partial charge on any atom is -0.307 e. The van der Waals surface area contributed by atoms with Gasteiger partial charge in [-0.05, 0) is 107 Å². The van der Waals surface area contributed by atoms with Crippen LogP contribution in [0.4, 0.5) is 52.7 Å². The number of nitriles is 1. The molecule has 0 saturated carbocycles.